The molecule has 0 unspecified atom stereocenters. The van der Waals surface area contributed by atoms with Crippen LogP contribution in [0.4, 0.5) is 0 Å². The van der Waals surface area contributed by atoms with Crippen molar-refractivity contribution in [2.24, 2.45) is 0 Å². The van der Waals surface area contributed by atoms with Crippen molar-refractivity contribution in [2.75, 3.05) is 39.6 Å². The maximum atomic E-state index is 2.31. The molecule has 0 saturated carbocycles. The largest absolute Gasteiger partial charge is 0.242 e. The van der Waals surface area contributed by atoms with Crippen molar-refractivity contribution < 1.29 is 14.7 Å². The summed E-state index contributed by atoms with van der Waals surface area (Å²) in [5, 5.41) is 0. The molecule has 0 aromatic rings. The van der Waals surface area contributed by atoms with E-state index < -0.39 is 0 Å². The Morgan fingerprint density at radius 3 is 1.06 bits per heavy atom. The van der Waals surface area contributed by atoms with Crippen LogP contribution in [-0.4, -0.2) is 39.6 Å². The molecule has 0 aromatic heterocycles. The summed E-state index contributed by atoms with van der Waals surface area (Å²) in [6.07, 6.45) is 8.24. The third-order valence-corrected chi connectivity index (χ3v) is 4.15. The van der Waals surface area contributed by atoms with Crippen LogP contribution in [0.2, 0.25) is 0 Å². The van der Waals surface area contributed by atoms with E-state index in [2.05, 4.69) is 20.8 Å². The summed E-state index contributed by atoms with van der Waals surface area (Å²) in [6.45, 7) is 15.2. The number of unbranched alkanes of at least 4 members (excludes halogenated alkanes) is 3. The lowest BCUT2D eigenvalue weighted by molar-refractivity contribution is -1.26. The lowest BCUT2D eigenvalue weighted by Crippen LogP contribution is -3.50. The van der Waals surface area contributed by atoms with Crippen LogP contribution in [0.1, 0.15) is 59.3 Å². The minimum Gasteiger partial charge on any atom is -0.242 e. The molecule has 1 fully saturated rings. The van der Waals surface area contributed by atoms with Crippen LogP contribution in [0.5, 0.6) is 0 Å². The van der Waals surface area contributed by atoms with Gasteiger partial charge in [-0.05, 0) is 19.3 Å². The molecule has 1 saturated heterocycles. The van der Waals surface area contributed by atoms with Gasteiger partial charge in [-0.15, -0.1) is 0 Å². The van der Waals surface area contributed by atoms with Crippen molar-refractivity contribution >= 4 is 0 Å². The molecule has 1 heterocycles. The van der Waals surface area contributed by atoms with Gasteiger partial charge < -0.3 is 0 Å². The maximum Gasteiger partial charge on any atom is 0.213 e. The van der Waals surface area contributed by atoms with Crippen LogP contribution in [0.15, 0.2) is 0 Å². The molecule has 3 N–H and O–H groups in total. The molecule has 1 rings (SSSR count). The quantitative estimate of drug-likeness (QED) is 0.466. The Morgan fingerprint density at radius 2 is 0.833 bits per heavy atom. The predicted octanol–water partition coefficient (Wildman–Crippen LogP) is -1.07. The van der Waals surface area contributed by atoms with Gasteiger partial charge in [0.05, 0.1) is 19.6 Å². The molecule has 108 valence electrons. The van der Waals surface area contributed by atoms with Gasteiger partial charge in [0.25, 0.3) is 0 Å². The Morgan fingerprint density at radius 1 is 0.556 bits per heavy atom. The van der Waals surface area contributed by atoms with E-state index in [1.165, 1.54) is 78.2 Å². The Bertz CT molecular complexity index is 157. The van der Waals surface area contributed by atoms with Crippen molar-refractivity contribution in [2.45, 2.75) is 59.3 Å². The topological polar surface area (TPSA) is 13.3 Å². The first-order valence-electron chi connectivity index (χ1n) is 8.30. The summed E-state index contributed by atoms with van der Waals surface area (Å²) in [5.74, 6) is 0. The SMILES string of the molecule is CCCC[NH+]1C[NH+](CCCC)C[NH+](CCCC)C1. The molecule has 0 spiro atoms. The Balaban J connectivity index is 2.38. The van der Waals surface area contributed by atoms with Crippen LogP contribution in [0.25, 0.3) is 0 Å². The highest BCUT2D eigenvalue weighted by Crippen LogP contribution is 1.81. The molecule has 0 radical (unpaired) electrons. The average molecular weight is 258 g/mol. The zero-order chi connectivity index (χ0) is 13.2. The number of hydrogen-bond acceptors (Lipinski definition) is 0. The minimum absolute atomic E-state index is 1.35. The molecule has 18 heavy (non-hydrogen) atoms. The summed E-state index contributed by atoms with van der Waals surface area (Å²) >= 11 is 0. The average Bonchev–Trinajstić information content (AvgIpc) is 2.40. The van der Waals surface area contributed by atoms with Gasteiger partial charge in [-0.2, -0.15) is 0 Å². The first kappa shape index (κ1) is 15.9. The summed E-state index contributed by atoms with van der Waals surface area (Å²) in [4.78, 5) is 5.54. The summed E-state index contributed by atoms with van der Waals surface area (Å²) in [6, 6.07) is 0. The highest BCUT2D eigenvalue weighted by molar-refractivity contribution is 4.33. The molecule has 3 heteroatoms. The van der Waals surface area contributed by atoms with Crippen molar-refractivity contribution in [3.63, 3.8) is 0 Å². The number of nitrogens with one attached hydrogen (secondary N) is 3. The Hall–Kier alpha value is -0.120. The number of quaternary nitrogens is 3. The third-order valence-electron chi connectivity index (χ3n) is 4.15. The van der Waals surface area contributed by atoms with E-state index in [1.54, 1.807) is 0 Å². The molecule has 1 aliphatic rings. The smallest absolute Gasteiger partial charge is 0.213 e. The van der Waals surface area contributed by atoms with E-state index >= 15 is 0 Å². The third kappa shape index (κ3) is 6.17. The molecule has 3 nitrogen and oxygen atoms in total. The van der Waals surface area contributed by atoms with Crippen LogP contribution in [-0.2, 0) is 0 Å². The molecule has 0 aliphatic carbocycles. The van der Waals surface area contributed by atoms with Crippen LogP contribution < -0.4 is 14.7 Å². The van der Waals surface area contributed by atoms with Crippen molar-refractivity contribution in [1.82, 2.24) is 0 Å². The van der Waals surface area contributed by atoms with Gasteiger partial charge in [0.15, 0.2) is 0 Å². The van der Waals surface area contributed by atoms with E-state index in [0.717, 1.165) is 0 Å². The second-order valence-electron chi connectivity index (χ2n) is 6.09. The van der Waals surface area contributed by atoms with Gasteiger partial charge in [-0.1, -0.05) is 40.0 Å². The highest BCUT2D eigenvalue weighted by atomic mass is 15.5. The van der Waals surface area contributed by atoms with E-state index in [9.17, 15) is 0 Å². The standard InChI is InChI=1S/C15H33N3/c1-4-7-10-16-13-17(11-8-5-2)15-18(14-16)12-9-6-3/h4-15H2,1-3H3/p+3. The molecule has 0 bridgehead atoms. The van der Waals surface area contributed by atoms with Gasteiger partial charge in [0.2, 0.25) is 20.0 Å². The fourth-order valence-corrected chi connectivity index (χ4v) is 3.06. The molecule has 0 atom stereocenters. The van der Waals surface area contributed by atoms with E-state index in [4.69, 9.17) is 0 Å². The molecule has 1 aliphatic heterocycles. The lowest BCUT2D eigenvalue weighted by atomic mass is 10.3. The summed E-state index contributed by atoms with van der Waals surface area (Å²) in [7, 11) is 0. The monoisotopic (exact) mass is 258 g/mol. The number of hydrogen-bond donors (Lipinski definition) is 3. The molecule has 0 aromatic carbocycles. The first-order valence-corrected chi connectivity index (χ1v) is 8.30. The van der Waals surface area contributed by atoms with Crippen molar-refractivity contribution in [3.8, 4) is 0 Å². The van der Waals surface area contributed by atoms with Crippen molar-refractivity contribution in [3.05, 3.63) is 0 Å². The van der Waals surface area contributed by atoms with E-state index in [1.807, 2.05) is 14.7 Å². The maximum absolute atomic E-state index is 2.31. The fourth-order valence-electron chi connectivity index (χ4n) is 3.06. The molecular formula is C15H36N3+3. The normalized spacial score (nSPS) is 28.5. The zero-order valence-electron chi connectivity index (χ0n) is 13.0. The highest BCUT2D eigenvalue weighted by Gasteiger charge is 2.30. The zero-order valence-corrected chi connectivity index (χ0v) is 13.0. The molecule has 0 amide bonds. The van der Waals surface area contributed by atoms with Gasteiger partial charge in [0, 0.05) is 0 Å². The first-order chi connectivity index (χ1) is 8.80. The minimum atomic E-state index is 1.35. The van der Waals surface area contributed by atoms with Crippen LogP contribution in [0.3, 0.4) is 0 Å². The number of rotatable bonds is 9. The summed E-state index contributed by atoms with van der Waals surface area (Å²) < 4.78 is 0. The second kappa shape index (κ2) is 9.76. The fraction of sp³-hybridized carbons (Fsp3) is 1.00. The van der Waals surface area contributed by atoms with Crippen molar-refractivity contribution in [1.29, 1.82) is 0 Å². The van der Waals surface area contributed by atoms with E-state index in [-0.39, 0.29) is 0 Å². The van der Waals surface area contributed by atoms with Gasteiger partial charge in [-0.25, -0.2) is 14.7 Å². The summed E-state index contributed by atoms with van der Waals surface area (Å²) in [5.41, 5.74) is 0. The lowest BCUT2D eigenvalue weighted by Gasteiger charge is -2.34. The van der Waals surface area contributed by atoms with Gasteiger partial charge in [0.1, 0.15) is 0 Å². The van der Waals surface area contributed by atoms with Crippen LogP contribution in [0, 0.1) is 0 Å². The van der Waals surface area contributed by atoms with Gasteiger partial charge in [-0.3, -0.25) is 0 Å². The predicted molar refractivity (Wildman–Crippen MR) is 76.8 cm³/mol. The van der Waals surface area contributed by atoms with Gasteiger partial charge >= 0.3 is 0 Å². The second-order valence-corrected chi connectivity index (χ2v) is 6.09. The van der Waals surface area contributed by atoms with Crippen LogP contribution >= 0.6 is 0 Å². The Labute approximate surface area is 114 Å². The molecular weight excluding hydrogens is 222 g/mol. The van der Waals surface area contributed by atoms with E-state index in [0.29, 0.717) is 0 Å². The Kier molecular flexibility index (Phi) is 8.64.